The largest absolute Gasteiger partial charge is 0.416 e. The summed E-state index contributed by atoms with van der Waals surface area (Å²) < 4.78 is 37.7. The van der Waals surface area contributed by atoms with Gasteiger partial charge in [-0.05, 0) is 36.6 Å². The second-order valence-corrected chi connectivity index (χ2v) is 5.28. The molecule has 0 amide bonds. The third-order valence-corrected chi connectivity index (χ3v) is 3.60. The molecule has 1 nitrogen and oxygen atoms in total. The third kappa shape index (κ3) is 4.08. The van der Waals surface area contributed by atoms with Gasteiger partial charge in [-0.2, -0.15) is 13.2 Å². The van der Waals surface area contributed by atoms with Crippen molar-refractivity contribution in [2.75, 3.05) is 0 Å². The van der Waals surface area contributed by atoms with Crippen molar-refractivity contribution in [2.45, 2.75) is 31.5 Å². The lowest BCUT2D eigenvalue weighted by Crippen LogP contribution is -2.26. The van der Waals surface area contributed by atoms with E-state index in [0.717, 1.165) is 23.3 Å². The fourth-order valence-corrected chi connectivity index (χ4v) is 2.39. The zero-order valence-electron chi connectivity index (χ0n) is 11.8. The Balaban J connectivity index is 2.18. The average molecular weight is 293 g/mol. The summed E-state index contributed by atoms with van der Waals surface area (Å²) in [5.74, 6) is 0.0861. The molecule has 2 rings (SSSR count). The van der Waals surface area contributed by atoms with Crippen LogP contribution in [0.15, 0.2) is 54.6 Å². The maximum atomic E-state index is 12.6. The summed E-state index contributed by atoms with van der Waals surface area (Å²) in [6.45, 7) is 1.92. The number of hydrogen-bond donors (Lipinski definition) is 1. The maximum absolute atomic E-state index is 12.6. The SMILES string of the molecule is CC(N)C(Cc1ccc(C(F)(F)F)cc1)c1ccccc1. The molecule has 0 aromatic heterocycles. The van der Waals surface area contributed by atoms with Crippen LogP contribution < -0.4 is 5.73 Å². The van der Waals surface area contributed by atoms with Crippen LogP contribution in [-0.4, -0.2) is 6.04 Å². The van der Waals surface area contributed by atoms with Gasteiger partial charge in [-0.1, -0.05) is 42.5 Å². The van der Waals surface area contributed by atoms with Crippen molar-refractivity contribution >= 4 is 0 Å². The summed E-state index contributed by atoms with van der Waals surface area (Å²) in [4.78, 5) is 0. The lowest BCUT2D eigenvalue weighted by Gasteiger charge is -2.21. The van der Waals surface area contributed by atoms with E-state index in [1.807, 2.05) is 37.3 Å². The predicted octanol–water partition coefficient (Wildman–Crippen LogP) is 4.38. The van der Waals surface area contributed by atoms with E-state index in [9.17, 15) is 13.2 Å². The van der Waals surface area contributed by atoms with Gasteiger partial charge in [0.15, 0.2) is 0 Å². The van der Waals surface area contributed by atoms with Gasteiger partial charge in [0.25, 0.3) is 0 Å². The number of alkyl halides is 3. The first kappa shape index (κ1) is 15.6. The molecular weight excluding hydrogens is 275 g/mol. The lowest BCUT2D eigenvalue weighted by atomic mass is 9.87. The normalized spacial score (nSPS) is 14.7. The zero-order valence-corrected chi connectivity index (χ0v) is 11.8. The first-order valence-corrected chi connectivity index (χ1v) is 6.84. The molecule has 2 aromatic rings. The minimum atomic E-state index is -4.29. The van der Waals surface area contributed by atoms with Crippen molar-refractivity contribution in [1.29, 1.82) is 0 Å². The Morgan fingerprint density at radius 3 is 2.00 bits per heavy atom. The van der Waals surface area contributed by atoms with Crippen LogP contribution >= 0.6 is 0 Å². The summed E-state index contributed by atoms with van der Waals surface area (Å²) in [5.41, 5.74) is 7.37. The second-order valence-electron chi connectivity index (χ2n) is 5.28. The number of hydrogen-bond acceptors (Lipinski definition) is 1. The van der Waals surface area contributed by atoms with Crippen LogP contribution in [-0.2, 0) is 12.6 Å². The molecule has 21 heavy (non-hydrogen) atoms. The van der Waals surface area contributed by atoms with E-state index in [0.29, 0.717) is 6.42 Å². The Morgan fingerprint density at radius 1 is 0.952 bits per heavy atom. The quantitative estimate of drug-likeness (QED) is 0.889. The van der Waals surface area contributed by atoms with Crippen LogP contribution in [0.1, 0.15) is 29.5 Å². The predicted molar refractivity (Wildman–Crippen MR) is 78.0 cm³/mol. The zero-order chi connectivity index (χ0) is 15.5. The van der Waals surface area contributed by atoms with Crippen molar-refractivity contribution in [3.63, 3.8) is 0 Å². The molecular formula is C17H18F3N. The standard InChI is InChI=1S/C17H18F3N/c1-12(21)16(14-5-3-2-4-6-14)11-13-7-9-15(10-8-13)17(18,19)20/h2-10,12,16H,11,21H2,1H3. The van der Waals surface area contributed by atoms with Gasteiger partial charge in [0.1, 0.15) is 0 Å². The molecule has 4 heteroatoms. The molecule has 0 radical (unpaired) electrons. The van der Waals surface area contributed by atoms with Crippen LogP contribution in [0.2, 0.25) is 0 Å². The molecule has 0 saturated heterocycles. The smallest absolute Gasteiger partial charge is 0.327 e. The van der Waals surface area contributed by atoms with Gasteiger partial charge in [-0.15, -0.1) is 0 Å². The molecule has 2 unspecified atom stereocenters. The molecule has 2 aromatic carbocycles. The molecule has 0 bridgehead atoms. The van der Waals surface area contributed by atoms with Crippen LogP contribution in [0.25, 0.3) is 0 Å². The van der Waals surface area contributed by atoms with Gasteiger partial charge >= 0.3 is 6.18 Å². The van der Waals surface area contributed by atoms with Gasteiger partial charge in [0.2, 0.25) is 0 Å². The Kier molecular flexibility index (Phi) is 4.68. The number of benzene rings is 2. The summed E-state index contributed by atoms with van der Waals surface area (Å²) in [7, 11) is 0. The van der Waals surface area contributed by atoms with Crippen molar-refractivity contribution in [3.05, 3.63) is 71.3 Å². The molecule has 0 spiro atoms. The Hall–Kier alpha value is -1.81. The fourth-order valence-electron chi connectivity index (χ4n) is 2.39. The third-order valence-electron chi connectivity index (χ3n) is 3.60. The van der Waals surface area contributed by atoms with Crippen molar-refractivity contribution in [1.82, 2.24) is 0 Å². The Bertz CT molecular complexity index is 559. The molecule has 2 atom stereocenters. The van der Waals surface area contributed by atoms with E-state index in [1.165, 1.54) is 12.1 Å². The molecule has 0 fully saturated rings. The molecule has 0 aliphatic heterocycles. The van der Waals surface area contributed by atoms with Gasteiger partial charge in [-0.3, -0.25) is 0 Å². The highest BCUT2D eigenvalue weighted by Gasteiger charge is 2.30. The Labute approximate surface area is 122 Å². The van der Waals surface area contributed by atoms with Crippen LogP contribution in [0.3, 0.4) is 0 Å². The summed E-state index contributed by atoms with van der Waals surface area (Å²) >= 11 is 0. The van der Waals surface area contributed by atoms with E-state index in [-0.39, 0.29) is 12.0 Å². The van der Waals surface area contributed by atoms with Crippen molar-refractivity contribution < 1.29 is 13.2 Å². The summed E-state index contributed by atoms with van der Waals surface area (Å²) in [6, 6.07) is 15.0. The van der Waals surface area contributed by atoms with Gasteiger partial charge in [0.05, 0.1) is 5.56 Å². The first-order valence-electron chi connectivity index (χ1n) is 6.84. The topological polar surface area (TPSA) is 26.0 Å². The van der Waals surface area contributed by atoms with E-state index < -0.39 is 11.7 Å². The number of halogens is 3. The van der Waals surface area contributed by atoms with E-state index >= 15 is 0 Å². The average Bonchev–Trinajstić information content (AvgIpc) is 2.45. The molecule has 0 aliphatic rings. The first-order chi connectivity index (χ1) is 9.88. The molecule has 0 aliphatic carbocycles. The summed E-state index contributed by atoms with van der Waals surface area (Å²) in [5, 5.41) is 0. The van der Waals surface area contributed by atoms with Crippen LogP contribution in [0.4, 0.5) is 13.2 Å². The minimum absolute atomic E-state index is 0.0744. The van der Waals surface area contributed by atoms with Crippen LogP contribution in [0.5, 0.6) is 0 Å². The summed E-state index contributed by atoms with van der Waals surface area (Å²) in [6.07, 6.45) is -3.67. The van der Waals surface area contributed by atoms with Gasteiger partial charge < -0.3 is 5.73 Å². The lowest BCUT2D eigenvalue weighted by molar-refractivity contribution is -0.137. The molecule has 112 valence electrons. The maximum Gasteiger partial charge on any atom is 0.416 e. The molecule has 2 N–H and O–H groups in total. The minimum Gasteiger partial charge on any atom is -0.327 e. The van der Waals surface area contributed by atoms with E-state index in [4.69, 9.17) is 5.73 Å². The molecule has 0 saturated carbocycles. The van der Waals surface area contributed by atoms with E-state index in [1.54, 1.807) is 0 Å². The monoisotopic (exact) mass is 293 g/mol. The Morgan fingerprint density at radius 2 is 1.52 bits per heavy atom. The van der Waals surface area contributed by atoms with Crippen molar-refractivity contribution in [3.8, 4) is 0 Å². The van der Waals surface area contributed by atoms with Crippen molar-refractivity contribution in [2.24, 2.45) is 5.73 Å². The number of nitrogens with two attached hydrogens (primary N) is 1. The van der Waals surface area contributed by atoms with Crippen LogP contribution in [0, 0.1) is 0 Å². The highest BCUT2D eigenvalue weighted by Crippen LogP contribution is 2.30. The second kappa shape index (κ2) is 6.31. The molecule has 0 heterocycles. The fraction of sp³-hybridized carbons (Fsp3) is 0.294. The number of rotatable bonds is 4. The van der Waals surface area contributed by atoms with Gasteiger partial charge in [-0.25, -0.2) is 0 Å². The highest BCUT2D eigenvalue weighted by molar-refractivity contribution is 5.28. The van der Waals surface area contributed by atoms with Gasteiger partial charge in [0, 0.05) is 12.0 Å². The highest BCUT2D eigenvalue weighted by atomic mass is 19.4. The van der Waals surface area contributed by atoms with E-state index in [2.05, 4.69) is 0 Å².